The highest BCUT2D eigenvalue weighted by atomic mass is 14.4. The van der Waals surface area contributed by atoms with E-state index in [2.05, 4.69) is 92.7 Å². The molecule has 0 radical (unpaired) electrons. The van der Waals surface area contributed by atoms with Gasteiger partial charge >= 0.3 is 0 Å². The second-order valence-electron chi connectivity index (χ2n) is 7.71. The summed E-state index contributed by atoms with van der Waals surface area (Å²) < 4.78 is 0. The third-order valence-corrected chi connectivity index (χ3v) is 5.98. The van der Waals surface area contributed by atoms with Crippen molar-refractivity contribution in [3.63, 3.8) is 0 Å². The summed E-state index contributed by atoms with van der Waals surface area (Å²) >= 11 is 0. The molecule has 0 aromatic heterocycles. The molecule has 0 aliphatic rings. The molecule has 0 amide bonds. The van der Waals surface area contributed by atoms with Crippen molar-refractivity contribution >= 4 is 0 Å². The molecular weight excluding hydrogens is 338 g/mol. The fraction of sp³-hybridized carbons (Fsp3) is 0.259. The van der Waals surface area contributed by atoms with Crippen LogP contribution in [-0.2, 0) is 5.41 Å². The molecule has 0 N–H and O–H groups in total. The van der Waals surface area contributed by atoms with Gasteiger partial charge in [0.2, 0.25) is 0 Å². The third kappa shape index (κ3) is 3.87. The normalized spacial score (nSPS) is 13.5. The summed E-state index contributed by atoms with van der Waals surface area (Å²) in [6.07, 6.45) is 2.15. The average molecular weight is 367 g/mol. The first kappa shape index (κ1) is 19.9. The van der Waals surface area contributed by atoms with Crippen LogP contribution in [0.3, 0.4) is 0 Å². The first-order valence-electron chi connectivity index (χ1n) is 10.1. The maximum atomic E-state index is 9.17. The Kier molecular flexibility index (Phi) is 6.32. The molecule has 1 nitrogen and oxygen atoms in total. The highest BCUT2D eigenvalue weighted by molar-refractivity contribution is 5.46. The molecule has 0 aliphatic heterocycles. The van der Waals surface area contributed by atoms with Gasteiger partial charge in [-0.2, -0.15) is 5.26 Å². The number of hydrogen-bond donors (Lipinski definition) is 0. The van der Waals surface area contributed by atoms with E-state index in [4.69, 9.17) is 12.2 Å². The molecule has 3 aromatic carbocycles. The van der Waals surface area contributed by atoms with Gasteiger partial charge in [-0.1, -0.05) is 98.6 Å². The zero-order valence-corrected chi connectivity index (χ0v) is 16.8. The molecule has 2 unspecified atom stereocenters. The van der Waals surface area contributed by atoms with Crippen LogP contribution in [0.4, 0.5) is 0 Å². The monoisotopic (exact) mass is 366 g/mol. The lowest BCUT2D eigenvalue weighted by Crippen LogP contribution is -2.36. The SMILES string of the molecule is [CH2-]C(c1ccc(C#N)cc1)C(CC(C)CC)(c1ccccc1)c1ccccc1. The predicted molar refractivity (Wildman–Crippen MR) is 117 cm³/mol. The number of nitrogens with zero attached hydrogens (tertiary/aromatic N) is 1. The topological polar surface area (TPSA) is 23.8 Å². The minimum absolute atomic E-state index is 0.0269. The fourth-order valence-electron chi connectivity index (χ4n) is 4.19. The molecule has 0 spiro atoms. The number of benzene rings is 3. The Hall–Kier alpha value is -2.85. The van der Waals surface area contributed by atoms with E-state index in [-0.39, 0.29) is 11.3 Å². The van der Waals surface area contributed by atoms with E-state index < -0.39 is 0 Å². The zero-order valence-electron chi connectivity index (χ0n) is 16.8. The smallest absolute Gasteiger partial charge is 0.0991 e. The number of rotatable bonds is 7. The average Bonchev–Trinajstić information content (AvgIpc) is 2.78. The highest BCUT2D eigenvalue weighted by Crippen LogP contribution is 2.49. The van der Waals surface area contributed by atoms with Gasteiger partial charge < -0.3 is 6.92 Å². The van der Waals surface area contributed by atoms with Crippen molar-refractivity contribution < 1.29 is 0 Å². The van der Waals surface area contributed by atoms with E-state index in [0.29, 0.717) is 11.5 Å². The van der Waals surface area contributed by atoms with Gasteiger partial charge in [-0.15, -0.1) is 5.92 Å². The predicted octanol–water partition coefficient (Wildman–Crippen LogP) is 6.90. The second kappa shape index (κ2) is 8.89. The molecule has 0 saturated carbocycles. The summed E-state index contributed by atoms with van der Waals surface area (Å²) in [6.45, 7) is 9.27. The van der Waals surface area contributed by atoms with Crippen molar-refractivity contribution in [3.8, 4) is 6.07 Å². The first-order valence-corrected chi connectivity index (χ1v) is 10.1. The Morgan fingerprint density at radius 1 is 0.857 bits per heavy atom. The summed E-state index contributed by atoms with van der Waals surface area (Å²) in [4.78, 5) is 0. The van der Waals surface area contributed by atoms with Crippen molar-refractivity contribution in [2.45, 2.75) is 38.0 Å². The van der Waals surface area contributed by atoms with E-state index in [1.807, 2.05) is 12.1 Å². The molecule has 142 valence electrons. The van der Waals surface area contributed by atoms with Crippen molar-refractivity contribution in [2.75, 3.05) is 0 Å². The van der Waals surface area contributed by atoms with Gasteiger partial charge in [0.05, 0.1) is 11.6 Å². The van der Waals surface area contributed by atoms with E-state index in [1.54, 1.807) is 0 Å². The van der Waals surface area contributed by atoms with Crippen LogP contribution in [-0.4, -0.2) is 0 Å². The van der Waals surface area contributed by atoms with E-state index in [9.17, 15) is 0 Å². The van der Waals surface area contributed by atoms with Crippen LogP contribution in [0.15, 0.2) is 84.9 Å². The molecule has 0 fully saturated rings. The third-order valence-electron chi connectivity index (χ3n) is 5.98. The van der Waals surface area contributed by atoms with Crippen molar-refractivity contribution in [1.82, 2.24) is 0 Å². The number of nitriles is 1. The summed E-state index contributed by atoms with van der Waals surface area (Å²) in [6, 6.07) is 31.7. The van der Waals surface area contributed by atoms with Crippen LogP contribution in [0.1, 0.15) is 54.9 Å². The van der Waals surface area contributed by atoms with Crippen molar-refractivity contribution in [3.05, 3.63) is 114 Å². The molecule has 0 bridgehead atoms. The summed E-state index contributed by atoms with van der Waals surface area (Å²) in [7, 11) is 0. The van der Waals surface area contributed by atoms with E-state index >= 15 is 0 Å². The molecule has 0 aliphatic carbocycles. The van der Waals surface area contributed by atoms with Crippen LogP contribution in [0, 0.1) is 24.2 Å². The van der Waals surface area contributed by atoms with Crippen LogP contribution >= 0.6 is 0 Å². The maximum Gasteiger partial charge on any atom is 0.0991 e. The van der Waals surface area contributed by atoms with Gasteiger partial charge in [0, 0.05) is 5.41 Å². The molecule has 3 rings (SSSR count). The standard InChI is InChI=1S/C27H28N/c1-4-21(2)19-27(25-11-7-5-8-12-25,26-13-9-6-10-14-26)22(3)24-17-15-23(20-28)16-18-24/h5-18,21-22H,3-4,19H2,1-2H3/q-1. The summed E-state index contributed by atoms with van der Waals surface area (Å²) in [5.74, 6) is 0.585. The molecule has 2 atom stereocenters. The van der Waals surface area contributed by atoms with Crippen molar-refractivity contribution in [2.24, 2.45) is 5.92 Å². The van der Waals surface area contributed by atoms with Crippen LogP contribution < -0.4 is 0 Å². The molecule has 1 heteroatoms. The van der Waals surface area contributed by atoms with Crippen LogP contribution in [0.2, 0.25) is 0 Å². The van der Waals surface area contributed by atoms with Gasteiger partial charge in [-0.3, -0.25) is 0 Å². The van der Waals surface area contributed by atoms with E-state index in [0.717, 1.165) is 18.4 Å². The van der Waals surface area contributed by atoms with Gasteiger partial charge in [-0.25, -0.2) is 0 Å². The Morgan fingerprint density at radius 3 is 1.79 bits per heavy atom. The molecule has 0 heterocycles. The Balaban J connectivity index is 2.22. The Labute approximate surface area is 169 Å². The van der Waals surface area contributed by atoms with Crippen LogP contribution in [0.25, 0.3) is 0 Å². The summed E-state index contributed by atoms with van der Waals surface area (Å²) in [5.41, 5.74) is 4.21. The van der Waals surface area contributed by atoms with Gasteiger partial charge in [-0.05, 0) is 35.6 Å². The second-order valence-corrected chi connectivity index (χ2v) is 7.71. The van der Waals surface area contributed by atoms with E-state index in [1.165, 1.54) is 11.1 Å². The molecule has 28 heavy (non-hydrogen) atoms. The lowest BCUT2D eigenvalue weighted by molar-refractivity contribution is 0.343. The molecule has 3 aromatic rings. The van der Waals surface area contributed by atoms with Crippen molar-refractivity contribution in [1.29, 1.82) is 5.26 Å². The lowest BCUT2D eigenvalue weighted by atomic mass is 9.60. The Bertz CT molecular complexity index is 864. The molecular formula is C27H28N-. The molecule has 0 saturated heterocycles. The number of hydrogen-bond acceptors (Lipinski definition) is 1. The Morgan fingerprint density at radius 2 is 1.36 bits per heavy atom. The van der Waals surface area contributed by atoms with Gasteiger partial charge in [0.25, 0.3) is 0 Å². The minimum atomic E-state index is -0.230. The summed E-state index contributed by atoms with van der Waals surface area (Å²) in [5, 5.41) is 9.17. The largest absolute Gasteiger partial charge is 0.335 e. The minimum Gasteiger partial charge on any atom is -0.335 e. The maximum absolute atomic E-state index is 9.17. The highest BCUT2D eigenvalue weighted by Gasteiger charge is 2.37. The fourth-order valence-corrected chi connectivity index (χ4v) is 4.19. The van der Waals surface area contributed by atoms with Crippen LogP contribution in [0.5, 0.6) is 0 Å². The lowest BCUT2D eigenvalue weighted by Gasteiger charge is -2.47. The quantitative estimate of drug-likeness (QED) is 0.417. The zero-order chi connectivity index (χ0) is 20.0. The first-order chi connectivity index (χ1) is 13.6. The van der Waals surface area contributed by atoms with Gasteiger partial charge in [0.1, 0.15) is 0 Å². The van der Waals surface area contributed by atoms with Gasteiger partial charge in [0.15, 0.2) is 0 Å².